The third kappa shape index (κ3) is 3.08. The van der Waals surface area contributed by atoms with Gasteiger partial charge in [0.2, 0.25) is 0 Å². The van der Waals surface area contributed by atoms with Crippen LogP contribution in [0.2, 0.25) is 0 Å². The third-order valence-corrected chi connectivity index (χ3v) is 2.91. The fourth-order valence-corrected chi connectivity index (χ4v) is 2.09. The van der Waals surface area contributed by atoms with E-state index in [1.54, 1.807) is 6.21 Å². The summed E-state index contributed by atoms with van der Waals surface area (Å²) in [6.45, 7) is 6.51. The molecule has 1 rings (SSSR count). The summed E-state index contributed by atoms with van der Waals surface area (Å²) in [5.74, 6) is 0. The second-order valence-electron chi connectivity index (χ2n) is 4.67. The number of nitrogens with zero attached hydrogens (tertiary/aromatic N) is 1. The first-order valence-electron chi connectivity index (χ1n) is 5.22. The van der Waals surface area contributed by atoms with E-state index < -0.39 is 6.03 Å². The highest BCUT2D eigenvalue weighted by Crippen LogP contribution is 2.38. The predicted molar refractivity (Wildman–Crippen MR) is 61.5 cm³/mol. The van der Waals surface area contributed by atoms with E-state index in [1.807, 2.05) is 0 Å². The van der Waals surface area contributed by atoms with Crippen molar-refractivity contribution in [3.8, 4) is 0 Å². The lowest BCUT2D eigenvalue weighted by molar-refractivity contribution is 0.249. The Labute approximate surface area is 90.6 Å². The van der Waals surface area contributed by atoms with Crippen molar-refractivity contribution in [2.24, 2.45) is 16.3 Å². The van der Waals surface area contributed by atoms with Crippen LogP contribution < -0.4 is 11.2 Å². The molecule has 84 valence electrons. The van der Waals surface area contributed by atoms with Crippen LogP contribution in [0.5, 0.6) is 0 Å². The van der Waals surface area contributed by atoms with Crippen LogP contribution in [0, 0.1) is 5.41 Å². The lowest BCUT2D eigenvalue weighted by Gasteiger charge is -2.32. The van der Waals surface area contributed by atoms with Crippen LogP contribution in [0.1, 0.15) is 40.0 Å². The number of primary amides is 1. The summed E-state index contributed by atoms with van der Waals surface area (Å²) in [4.78, 5) is 10.5. The summed E-state index contributed by atoms with van der Waals surface area (Å²) in [7, 11) is 0. The van der Waals surface area contributed by atoms with Gasteiger partial charge < -0.3 is 5.73 Å². The van der Waals surface area contributed by atoms with Crippen molar-refractivity contribution in [2.45, 2.75) is 40.0 Å². The van der Waals surface area contributed by atoms with Gasteiger partial charge in [-0.2, -0.15) is 5.10 Å². The first-order valence-corrected chi connectivity index (χ1v) is 5.22. The number of urea groups is 1. The minimum atomic E-state index is -0.627. The number of nitrogens with two attached hydrogens (primary N) is 1. The second-order valence-corrected chi connectivity index (χ2v) is 4.67. The molecule has 0 saturated heterocycles. The minimum absolute atomic E-state index is 0.144. The summed E-state index contributed by atoms with van der Waals surface area (Å²) >= 11 is 0. The van der Waals surface area contributed by atoms with Gasteiger partial charge in [0.15, 0.2) is 0 Å². The van der Waals surface area contributed by atoms with Gasteiger partial charge in [-0.05, 0) is 37.2 Å². The Bertz CT molecular complexity index is 316. The van der Waals surface area contributed by atoms with Gasteiger partial charge in [0.05, 0.1) is 6.21 Å². The van der Waals surface area contributed by atoms with Crippen LogP contribution in [0.25, 0.3) is 0 Å². The number of nitrogens with one attached hydrogen (secondary N) is 1. The molecule has 0 aromatic carbocycles. The van der Waals surface area contributed by atoms with Crippen LogP contribution in [0.15, 0.2) is 16.2 Å². The number of hydrogen-bond acceptors (Lipinski definition) is 2. The van der Waals surface area contributed by atoms with Crippen molar-refractivity contribution in [3.05, 3.63) is 11.1 Å². The zero-order chi connectivity index (χ0) is 11.5. The lowest BCUT2D eigenvalue weighted by Crippen LogP contribution is -2.26. The van der Waals surface area contributed by atoms with Crippen LogP contribution in [0.4, 0.5) is 4.79 Å². The number of rotatable bonds is 2. The molecule has 0 spiro atoms. The zero-order valence-electron chi connectivity index (χ0n) is 9.63. The first kappa shape index (κ1) is 11.8. The maximum absolute atomic E-state index is 10.5. The van der Waals surface area contributed by atoms with E-state index in [0.717, 1.165) is 12.8 Å². The van der Waals surface area contributed by atoms with Crippen molar-refractivity contribution in [1.29, 1.82) is 0 Å². The normalized spacial score (nSPS) is 20.7. The number of hydrogen-bond donors (Lipinski definition) is 2. The minimum Gasteiger partial charge on any atom is -0.350 e. The van der Waals surface area contributed by atoms with Crippen molar-refractivity contribution in [1.82, 2.24) is 5.43 Å². The van der Waals surface area contributed by atoms with Crippen molar-refractivity contribution in [3.63, 3.8) is 0 Å². The van der Waals surface area contributed by atoms with Crippen molar-refractivity contribution < 1.29 is 4.79 Å². The van der Waals surface area contributed by atoms with Gasteiger partial charge in [0.1, 0.15) is 0 Å². The second kappa shape index (κ2) is 4.47. The number of amides is 2. The molecule has 2 amide bonds. The topological polar surface area (TPSA) is 67.5 Å². The Morgan fingerprint density at radius 1 is 1.60 bits per heavy atom. The molecule has 0 radical (unpaired) electrons. The zero-order valence-corrected chi connectivity index (χ0v) is 9.63. The lowest BCUT2D eigenvalue weighted by atomic mass is 9.73. The SMILES string of the molecule is CC1=C(C=NNC(N)=O)C(C)(C)CCC1. The Balaban J connectivity index is 2.80. The highest BCUT2D eigenvalue weighted by atomic mass is 16.2. The maximum atomic E-state index is 10.5. The molecule has 0 unspecified atom stereocenters. The van der Waals surface area contributed by atoms with E-state index in [0.29, 0.717) is 0 Å². The molecule has 4 nitrogen and oxygen atoms in total. The van der Waals surface area contributed by atoms with Gasteiger partial charge in [0.25, 0.3) is 0 Å². The maximum Gasteiger partial charge on any atom is 0.332 e. The Morgan fingerprint density at radius 2 is 2.27 bits per heavy atom. The number of carbonyl (C=O) groups is 1. The van der Waals surface area contributed by atoms with Gasteiger partial charge in [-0.15, -0.1) is 0 Å². The van der Waals surface area contributed by atoms with E-state index >= 15 is 0 Å². The smallest absolute Gasteiger partial charge is 0.332 e. The van der Waals surface area contributed by atoms with E-state index in [9.17, 15) is 4.79 Å². The highest BCUT2D eigenvalue weighted by molar-refractivity contribution is 5.83. The fraction of sp³-hybridized carbons (Fsp3) is 0.636. The van der Waals surface area contributed by atoms with Gasteiger partial charge >= 0.3 is 6.03 Å². The Morgan fingerprint density at radius 3 is 2.80 bits per heavy atom. The van der Waals surface area contributed by atoms with Crippen LogP contribution in [-0.2, 0) is 0 Å². The Kier molecular flexibility index (Phi) is 3.50. The largest absolute Gasteiger partial charge is 0.350 e. The van der Waals surface area contributed by atoms with Crippen LogP contribution in [0.3, 0.4) is 0 Å². The van der Waals surface area contributed by atoms with Gasteiger partial charge in [0, 0.05) is 0 Å². The summed E-state index contributed by atoms with van der Waals surface area (Å²) < 4.78 is 0. The average Bonchev–Trinajstić information content (AvgIpc) is 2.09. The molecular formula is C11H19N3O. The molecule has 3 N–H and O–H groups in total. The first-order chi connectivity index (χ1) is 6.93. The highest BCUT2D eigenvalue weighted by Gasteiger charge is 2.27. The molecule has 0 aliphatic heterocycles. The molecule has 15 heavy (non-hydrogen) atoms. The molecule has 0 saturated carbocycles. The summed E-state index contributed by atoms with van der Waals surface area (Å²) in [6.07, 6.45) is 5.21. The standard InChI is InChI=1S/C11H19N3O/c1-8-5-4-6-11(2,3)9(8)7-13-14-10(12)15/h7H,4-6H2,1-3H3,(H3,12,14,15). The van der Waals surface area contributed by atoms with Crippen molar-refractivity contribution >= 4 is 12.2 Å². The van der Waals surface area contributed by atoms with E-state index in [-0.39, 0.29) is 5.41 Å². The summed E-state index contributed by atoms with van der Waals surface area (Å²) in [5, 5.41) is 3.83. The molecule has 0 fully saturated rings. The molecule has 1 aliphatic rings. The molecule has 0 aromatic heterocycles. The number of hydrazone groups is 1. The molecule has 1 aliphatic carbocycles. The Hall–Kier alpha value is -1.32. The van der Waals surface area contributed by atoms with Gasteiger partial charge in [-0.3, -0.25) is 0 Å². The van der Waals surface area contributed by atoms with E-state index in [1.165, 1.54) is 17.6 Å². The third-order valence-electron chi connectivity index (χ3n) is 2.91. The molecule has 0 atom stereocenters. The average molecular weight is 209 g/mol. The predicted octanol–water partition coefficient (Wildman–Crippen LogP) is 2.17. The molecule has 4 heteroatoms. The molecule has 0 bridgehead atoms. The monoisotopic (exact) mass is 209 g/mol. The van der Waals surface area contributed by atoms with Crippen LogP contribution in [-0.4, -0.2) is 12.2 Å². The van der Waals surface area contributed by atoms with E-state index in [2.05, 4.69) is 31.3 Å². The van der Waals surface area contributed by atoms with Crippen molar-refractivity contribution in [2.75, 3.05) is 0 Å². The number of allylic oxidation sites excluding steroid dienone is 2. The number of carbonyl (C=O) groups excluding carboxylic acids is 1. The van der Waals surface area contributed by atoms with Crippen LogP contribution >= 0.6 is 0 Å². The van der Waals surface area contributed by atoms with Gasteiger partial charge in [-0.1, -0.05) is 19.4 Å². The van der Waals surface area contributed by atoms with E-state index in [4.69, 9.17) is 5.73 Å². The summed E-state index contributed by atoms with van der Waals surface area (Å²) in [6, 6.07) is -0.627. The molecule has 0 heterocycles. The molecular weight excluding hydrogens is 190 g/mol. The quantitative estimate of drug-likeness (QED) is 0.531. The summed E-state index contributed by atoms with van der Waals surface area (Å²) in [5.41, 5.74) is 9.86. The van der Waals surface area contributed by atoms with Gasteiger partial charge in [-0.25, -0.2) is 10.2 Å². The molecule has 0 aromatic rings. The fourth-order valence-electron chi connectivity index (χ4n) is 2.09.